The van der Waals surface area contributed by atoms with Gasteiger partial charge in [-0.1, -0.05) is 36.4 Å². The third kappa shape index (κ3) is 5.71. The summed E-state index contributed by atoms with van der Waals surface area (Å²) in [6, 6.07) is 15.3. The average molecular weight is 665 g/mol. The van der Waals surface area contributed by atoms with E-state index >= 15 is 0 Å². The standard InChI is InChI=1S/C34H26F6N6O2/c35-25-9-7-23(15-24(25)34(38,39)40)46-29(28-18-43(19-41-28)17-20-4-2-1-3-5-20)16-27(42-46)33(48)44-12-10-22(11-13-44)45-30(47)14-21-6-8-26(36)31(37)32(21)45/h1-9,15-16,18-19,22H,10-14,17H2. The Bertz CT molecular complexity index is 2030. The second-order valence-corrected chi connectivity index (χ2v) is 11.7. The van der Waals surface area contributed by atoms with Gasteiger partial charge in [0.2, 0.25) is 5.91 Å². The first kappa shape index (κ1) is 31.2. The minimum atomic E-state index is -4.97. The molecule has 5 aromatic rings. The van der Waals surface area contributed by atoms with Crippen molar-refractivity contribution < 1.29 is 35.9 Å². The van der Waals surface area contributed by atoms with Crippen LogP contribution in [-0.4, -0.2) is 55.2 Å². The number of aromatic nitrogens is 4. The van der Waals surface area contributed by atoms with Crippen molar-refractivity contribution in [3.05, 3.63) is 119 Å². The van der Waals surface area contributed by atoms with Gasteiger partial charge in [0.25, 0.3) is 5.91 Å². The summed E-state index contributed by atoms with van der Waals surface area (Å²) >= 11 is 0. The number of benzene rings is 3. The predicted molar refractivity (Wildman–Crippen MR) is 162 cm³/mol. The molecule has 2 aromatic heterocycles. The van der Waals surface area contributed by atoms with Gasteiger partial charge in [-0.25, -0.2) is 22.8 Å². The van der Waals surface area contributed by atoms with Crippen LogP contribution in [0.4, 0.5) is 32.0 Å². The number of carbonyl (C=O) groups excluding carboxylic acids is 2. The van der Waals surface area contributed by atoms with Crippen LogP contribution in [0.5, 0.6) is 0 Å². The van der Waals surface area contributed by atoms with Gasteiger partial charge in [-0.3, -0.25) is 9.59 Å². The maximum Gasteiger partial charge on any atom is 0.419 e. The van der Waals surface area contributed by atoms with E-state index in [0.717, 1.165) is 22.4 Å². The number of rotatable bonds is 6. The smallest absolute Gasteiger partial charge is 0.337 e. The fourth-order valence-corrected chi connectivity index (χ4v) is 6.33. The molecule has 0 atom stereocenters. The SMILES string of the molecule is O=C(c1cc(-c2cn(Cc3ccccc3)cn2)n(-c2ccc(F)c(C(F)(F)F)c2)n1)N1CCC(N2C(=O)Cc3ccc(F)c(F)c32)CC1. The fourth-order valence-electron chi connectivity index (χ4n) is 6.33. The maximum absolute atomic E-state index is 14.7. The Balaban J connectivity index is 1.17. The molecule has 246 valence electrons. The fraction of sp³-hybridized carbons (Fsp3) is 0.235. The van der Waals surface area contributed by atoms with Crippen LogP contribution in [-0.2, 0) is 23.9 Å². The molecule has 7 rings (SSSR count). The molecule has 3 aromatic carbocycles. The molecule has 0 radical (unpaired) electrons. The summed E-state index contributed by atoms with van der Waals surface area (Å²) in [6.45, 7) is 0.766. The summed E-state index contributed by atoms with van der Waals surface area (Å²) in [7, 11) is 0. The lowest BCUT2D eigenvalue weighted by Gasteiger charge is -2.36. The van der Waals surface area contributed by atoms with Gasteiger partial charge < -0.3 is 14.4 Å². The monoisotopic (exact) mass is 664 g/mol. The van der Waals surface area contributed by atoms with Crippen molar-refractivity contribution in [2.24, 2.45) is 0 Å². The summed E-state index contributed by atoms with van der Waals surface area (Å²) < 4.78 is 86.7. The van der Waals surface area contributed by atoms with Gasteiger partial charge in [0.05, 0.1) is 35.4 Å². The number of fused-ring (bicyclic) bond motifs is 1. The van der Waals surface area contributed by atoms with Crippen molar-refractivity contribution in [2.75, 3.05) is 18.0 Å². The van der Waals surface area contributed by atoms with E-state index in [9.17, 15) is 35.9 Å². The molecular weight excluding hydrogens is 638 g/mol. The average Bonchev–Trinajstić information content (AvgIpc) is 3.80. The van der Waals surface area contributed by atoms with Gasteiger partial charge in [-0.15, -0.1) is 0 Å². The Morgan fingerprint density at radius 2 is 1.65 bits per heavy atom. The number of carbonyl (C=O) groups is 2. The molecule has 2 aliphatic rings. The minimum Gasteiger partial charge on any atom is -0.337 e. The van der Waals surface area contributed by atoms with E-state index in [2.05, 4.69) is 10.1 Å². The number of likely N-dealkylation sites (tertiary alicyclic amines) is 1. The number of alkyl halides is 3. The number of piperidine rings is 1. The highest BCUT2D eigenvalue weighted by atomic mass is 19.4. The van der Waals surface area contributed by atoms with Crippen molar-refractivity contribution in [3.63, 3.8) is 0 Å². The predicted octanol–water partition coefficient (Wildman–Crippen LogP) is 6.41. The Morgan fingerprint density at radius 1 is 0.917 bits per heavy atom. The molecule has 48 heavy (non-hydrogen) atoms. The van der Waals surface area contributed by atoms with Gasteiger partial charge in [0.1, 0.15) is 11.5 Å². The summed E-state index contributed by atoms with van der Waals surface area (Å²) in [4.78, 5) is 33.7. The molecule has 14 heteroatoms. The zero-order chi connectivity index (χ0) is 33.7. The first-order valence-corrected chi connectivity index (χ1v) is 15.1. The molecule has 0 aliphatic carbocycles. The highest BCUT2D eigenvalue weighted by Gasteiger charge is 2.39. The van der Waals surface area contributed by atoms with Crippen LogP contribution in [0.25, 0.3) is 17.1 Å². The van der Waals surface area contributed by atoms with Crippen molar-refractivity contribution >= 4 is 17.5 Å². The van der Waals surface area contributed by atoms with Crippen molar-refractivity contribution in [2.45, 2.75) is 38.0 Å². The number of nitrogens with zero attached hydrogens (tertiary/aromatic N) is 6. The largest absolute Gasteiger partial charge is 0.419 e. The van der Waals surface area contributed by atoms with E-state index in [1.54, 1.807) is 17.1 Å². The molecule has 0 bridgehead atoms. The van der Waals surface area contributed by atoms with Gasteiger partial charge in [0.15, 0.2) is 17.3 Å². The van der Waals surface area contributed by atoms with Crippen LogP contribution in [0.3, 0.4) is 0 Å². The zero-order valence-electron chi connectivity index (χ0n) is 25.1. The van der Waals surface area contributed by atoms with E-state index in [4.69, 9.17) is 0 Å². The van der Waals surface area contributed by atoms with Crippen LogP contribution in [0, 0.1) is 17.5 Å². The highest BCUT2D eigenvalue weighted by molar-refractivity contribution is 6.02. The van der Waals surface area contributed by atoms with E-state index in [-0.39, 0.29) is 61.0 Å². The normalized spacial score (nSPS) is 15.3. The quantitative estimate of drug-likeness (QED) is 0.197. The topological polar surface area (TPSA) is 76.3 Å². The molecule has 2 amide bonds. The Morgan fingerprint density at radius 3 is 2.38 bits per heavy atom. The lowest BCUT2D eigenvalue weighted by Crippen LogP contribution is -2.48. The van der Waals surface area contributed by atoms with Gasteiger partial charge >= 0.3 is 6.18 Å². The summed E-state index contributed by atoms with van der Waals surface area (Å²) in [6.07, 6.45) is -1.26. The second kappa shape index (κ2) is 12.0. The Labute approximate surface area is 269 Å². The molecule has 0 saturated carbocycles. The lowest BCUT2D eigenvalue weighted by molar-refractivity contribution is -0.140. The summed E-state index contributed by atoms with van der Waals surface area (Å²) in [5.74, 6) is -4.47. The number of hydrogen-bond acceptors (Lipinski definition) is 4. The third-order valence-corrected chi connectivity index (χ3v) is 8.65. The molecule has 2 aliphatic heterocycles. The molecule has 0 N–H and O–H groups in total. The van der Waals surface area contributed by atoms with E-state index in [1.165, 1.54) is 21.9 Å². The molecule has 0 unspecified atom stereocenters. The van der Waals surface area contributed by atoms with Crippen molar-refractivity contribution in [1.82, 2.24) is 24.2 Å². The van der Waals surface area contributed by atoms with Crippen LogP contribution < -0.4 is 4.90 Å². The molecular formula is C34H26F6N6O2. The van der Waals surface area contributed by atoms with E-state index in [1.807, 2.05) is 30.3 Å². The van der Waals surface area contributed by atoms with Crippen molar-refractivity contribution in [3.8, 4) is 17.1 Å². The molecule has 0 spiro atoms. The van der Waals surface area contributed by atoms with Gasteiger partial charge in [-0.2, -0.15) is 18.3 Å². The van der Waals surface area contributed by atoms with Crippen LogP contribution in [0.15, 0.2) is 79.3 Å². The van der Waals surface area contributed by atoms with Gasteiger partial charge in [0, 0.05) is 31.9 Å². The zero-order valence-corrected chi connectivity index (χ0v) is 25.1. The summed E-state index contributed by atoms with van der Waals surface area (Å²) in [5, 5.41) is 4.37. The first-order valence-electron chi connectivity index (χ1n) is 15.1. The number of amides is 2. The first-order chi connectivity index (χ1) is 23.0. The minimum absolute atomic E-state index is 0.0492. The molecule has 4 heterocycles. The Hall–Kier alpha value is -5.40. The number of imidazole rings is 1. The summed E-state index contributed by atoms with van der Waals surface area (Å²) in [5.41, 5.74) is 0.124. The van der Waals surface area contributed by atoms with E-state index in [0.29, 0.717) is 29.9 Å². The van der Waals surface area contributed by atoms with Crippen LogP contribution >= 0.6 is 0 Å². The highest BCUT2D eigenvalue weighted by Crippen LogP contribution is 2.37. The van der Waals surface area contributed by atoms with Crippen LogP contribution in [0.1, 0.15) is 40.0 Å². The Kier molecular flexibility index (Phi) is 7.80. The molecule has 1 saturated heterocycles. The lowest BCUT2D eigenvalue weighted by atomic mass is 10.0. The molecule has 1 fully saturated rings. The van der Waals surface area contributed by atoms with Gasteiger partial charge in [-0.05, 0) is 54.3 Å². The number of anilines is 1. The molecule has 8 nitrogen and oxygen atoms in total. The van der Waals surface area contributed by atoms with E-state index < -0.39 is 41.1 Å². The van der Waals surface area contributed by atoms with Crippen molar-refractivity contribution in [1.29, 1.82) is 0 Å². The number of halogens is 6. The maximum atomic E-state index is 14.7. The number of hydrogen-bond donors (Lipinski definition) is 0. The third-order valence-electron chi connectivity index (χ3n) is 8.65. The van der Waals surface area contributed by atoms with Crippen LogP contribution in [0.2, 0.25) is 0 Å². The second-order valence-electron chi connectivity index (χ2n) is 11.7.